The van der Waals surface area contributed by atoms with Crippen molar-refractivity contribution in [1.29, 1.82) is 0 Å². The number of hydrogen-bond acceptors (Lipinski definition) is 4. The number of carbonyl (C=O) groups excluding carboxylic acids is 1. The van der Waals surface area contributed by atoms with Crippen LogP contribution in [0.4, 0.5) is 11.4 Å². The number of piperazine rings is 1. The molecule has 0 spiro atoms. The zero-order valence-corrected chi connectivity index (χ0v) is 19.5. The molecule has 2 saturated heterocycles. The van der Waals surface area contributed by atoms with Crippen LogP contribution in [0.2, 0.25) is 0 Å². The molecule has 1 amide bonds. The topological polar surface area (TPSA) is 39.7 Å². The fraction of sp³-hybridized carbons (Fsp3) is 0.538. The first-order valence-corrected chi connectivity index (χ1v) is 11.6. The zero-order valence-electron chi connectivity index (χ0n) is 19.5. The van der Waals surface area contributed by atoms with Crippen molar-refractivity contribution < 1.29 is 4.79 Å². The normalized spacial score (nSPS) is 20.9. The van der Waals surface area contributed by atoms with Gasteiger partial charge >= 0.3 is 0 Å². The highest BCUT2D eigenvalue weighted by Crippen LogP contribution is 2.31. The maximum atomic E-state index is 13.4. The van der Waals surface area contributed by atoms with E-state index in [0.29, 0.717) is 0 Å². The summed E-state index contributed by atoms with van der Waals surface area (Å²) in [6.45, 7) is 11.6. The van der Waals surface area contributed by atoms with Crippen molar-refractivity contribution in [2.24, 2.45) is 5.92 Å². The summed E-state index contributed by atoms with van der Waals surface area (Å²) in [7, 11) is 2.17. The van der Waals surface area contributed by atoms with Crippen molar-refractivity contribution >= 4 is 17.3 Å². The summed E-state index contributed by atoms with van der Waals surface area (Å²) < 4.78 is 0. The number of hydrogen-bond donors (Lipinski definition) is 0. The summed E-state index contributed by atoms with van der Waals surface area (Å²) in [5.74, 6) is 0.238. The van der Waals surface area contributed by atoms with E-state index < -0.39 is 0 Å². The maximum absolute atomic E-state index is 13.4. The Morgan fingerprint density at radius 3 is 2.39 bits per heavy atom. The molecule has 5 heteroatoms. The minimum atomic E-state index is -0.00263. The van der Waals surface area contributed by atoms with Crippen molar-refractivity contribution in [1.82, 2.24) is 9.88 Å². The fourth-order valence-electron chi connectivity index (χ4n) is 4.69. The Morgan fingerprint density at radius 2 is 1.71 bits per heavy atom. The van der Waals surface area contributed by atoms with Crippen molar-refractivity contribution in [3.63, 3.8) is 0 Å². The molecule has 1 atom stereocenters. The van der Waals surface area contributed by atoms with Crippen LogP contribution in [-0.4, -0.2) is 55.6 Å². The molecule has 5 nitrogen and oxygen atoms in total. The van der Waals surface area contributed by atoms with Gasteiger partial charge in [-0.3, -0.25) is 9.78 Å². The molecule has 2 aliphatic heterocycles. The van der Waals surface area contributed by atoms with E-state index in [9.17, 15) is 4.79 Å². The van der Waals surface area contributed by atoms with Crippen molar-refractivity contribution in [3.8, 4) is 0 Å². The van der Waals surface area contributed by atoms with Crippen molar-refractivity contribution in [2.75, 3.05) is 49.6 Å². The monoisotopic (exact) mass is 420 g/mol. The fourth-order valence-corrected chi connectivity index (χ4v) is 4.69. The smallest absolute Gasteiger partial charge is 0.230 e. The third kappa shape index (κ3) is 4.93. The van der Waals surface area contributed by atoms with E-state index >= 15 is 0 Å². The first kappa shape index (κ1) is 21.8. The molecule has 0 radical (unpaired) electrons. The summed E-state index contributed by atoms with van der Waals surface area (Å²) in [6.07, 6.45) is 4.56. The van der Waals surface area contributed by atoms with Gasteiger partial charge in [0, 0.05) is 56.9 Å². The van der Waals surface area contributed by atoms with Gasteiger partial charge in [0.2, 0.25) is 5.91 Å². The van der Waals surface area contributed by atoms with Gasteiger partial charge in [-0.25, -0.2) is 0 Å². The van der Waals surface area contributed by atoms with Crippen molar-refractivity contribution in [2.45, 2.75) is 45.4 Å². The number of amides is 1. The summed E-state index contributed by atoms with van der Waals surface area (Å²) in [4.78, 5) is 24.9. The van der Waals surface area contributed by atoms with Crippen LogP contribution in [0, 0.1) is 5.92 Å². The number of aromatic nitrogens is 1. The predicted octanol–water partition coefficient (Wildman–Crippen LogP) is 4.12. The number of piperidine rings is 1. The summed E-state index contributed by atoms with van der Waals surface area (Å²) >= 11 is 0. The van der Waals surface area contributed by atoms with Gasteiger partial charge in [0.1, 0.15) is 0 Å². The first-order chi connectivity index (χ1) is 14.8. The molecule has 0 N–H and O–H groups in total. The Balaban J connectivity index is 1.49. The molecular formula is C26H36N4O. The van der Waals surface area contributed by atoms with Crippen molar-refractivity contribution in [3.05, 3.63) is 53.9 Å². The maximum Gasteiger partial charge on any atom is 0.230 e. The van der Waals surface area contributed by atoms with Crippen LogP contribution in [0.3, 0.4) is 0 Å². The molecule has 31 heavy (non-hydrogen) atoms. The molecule has 166 valence electrons. The molecule has 1 aromatic heterocycles. The lowest BCUT2D eigenvalue weighted by Crippen LogP contribution is -2.45. The summed E-state index contributed by atoms with van der Waals surface area (Å²) in [6, 6.07) is 12.7. The van der Waals surface area contributed by atoms with Gasteiger partial charge in [0.25, 0.3) is 0 Å². The lowest BCUT2D eigenvalue weighted by molar-refractivity contribution is -0.123. The molecule has 4 rings (SSSR count). The quantitative estimate of drug-likeness (QED) is 0.746. The minimum Gasteiger partial charge on any atom is -0.367 e. The third-order valence-electron chi connectivity index (χ3n) is 6.74. The van der Waals surface area contributed by atoms with Gasteiger partial charge in [-0.2, -0.15) is 0 Å². The average molecular weight is 421 g/mol. The van der Waals surface area contributed by atoms with E-state index in [2.05, 4.69) is 68.0 Å². The Kier molecular flexibility index (Phi) is 6.33. The van der Waals surface area contributed by atoms with Crippen LogP contribution in [0.5, 0.6) is 0 Å². The largest absolute Gasteiger partial charge is 0.367 e. The van der Waals surface area contributed by atoms with Crippen LogP contribution < -0.4 is 9.80 Å². The Labute approximate surface area is 187 Å². The molecule has 0 unspecified atom stereocenters. The second kappa shape index (κ2) is 8.99. The minimum absolute atomic E-state index is 0.00263. The molecule has 0 bridgehead atoms. The third-order valence-corrected chi connectivity index (χ3v) is 6.74. The van der Waals surface area contributed by atoms with Gasteiger partial charge in [0.15, 0.2) is 0 Å². The molecule has 3 heterocycles. The second-order valence-corrected chi connectivity index (χ2v) is 10.1. The van der Waals surface area contributed by atoms with Gasteiger partial charge in [-0.05, 0) is 55.1 Å². The lowest BCUT2D eigenvalue weighted by Gasteiger charge is -2.36. The number of nitrogens with zero attached hydrogens (tertiary/aromatic N) is 4. The number of carbonyl (C=O) groups is 1. The average Bonchev–Trinajstić information content (AvgIpc) is 2.76. The van der Waals surface area contributed by atoms with Gasteiger partial charge < -0.3 is 14.7 Å². The summed E-state index contributed by atoms with van der Waals surface area (Å²) in [5, 5.41) is 0. The second-order valence-electron chi connectivity index (χ2n) is 10.1. The van der Waals surface area contributed by atoms with Crippen LogP contribution in [0.1, 0.15) is 44.9 Å². The van der Waals surface area contributed by atoms with E-state index in [1.54, 1.807) is 0 Å². The Hall–Kier alpha value is -2.40. The predicted molar refractivity (Wildman–Crippen MR) is 128 cm³/mol. The number of benzene rings is 1. The number of rotatable bonds is 4. The number of pyridine rings is 1. The highest BCUT2D eigenvalue weighted by atomic mass is 16.2. The Bertz CT molecular complexity index is 894. The SMILES string of the molecule is CN1CCN(c2cccnc2C[C@H]2CCCN(c3ccc(C(C)(C)C)cc3)C2=O)CC1. The number of anilines is 2. The molecule has 0 saturated carbocycles. The highest BCUT2D eigenvalue weighted by Gasteiger charge is 2.31. The molecule has 0 aliphatic carbocycles. The van der Waals surface area contributed by atoms with E-state index in [1.807, 2.05) is 17.2 Å². The Morgan fingerprint density at radius 1 is 1.00 bits per heavy atom. The van der Waals surface area contributed by atoms with Crippen LogP contribution >= 0.6 is 0 Å². The first-order valence-electron chi connectivity index (χ1n) is 11.6. The van der Waals surface area contributed by atoms with E-state index in [4.69, 9.17) is 4.98 Å². The van der Waals surface area contributed by atoms with Gasteiger partial charge in [-0.15, -0.1) is 0 Å². The van der Waals surface area contributed by atoms with E-state index in [0.717, 1.165) is 63.4 Å². The van der Waals surface area contributed by atoms with E-state index in [-0.39, 0.29) is 17.2 Å². The molecule has 1 aromatic carbocycles. The zero-order chi connectivity index (χ0) is 22.0. The molecule has 2 fully saturated rings. The van der Waals surface area contributed by atoms with E-state index in [1.165, 1.54) is 11.3 Å². The molecule has 2 aromatic rings. The summed E-state index contributed by atoms with van der Waals surface area (Å²) in [5.41, 5.74) is 4.70. The highest BCUT2D eigenvalue weighted by molar-refractivity contribution is 5.96. The molecule has 2 aliphatic rings. The van der Waals surface area contributed by atoms with Gasteiger partial charge in [0.05, 0.1) is 11.4 Å². The van der Waals surface area contributed by atoms with Gasteiger partial charge in [-0.1, -0.05) is 32.9 Å². The van der Waals surface area contributed by atoms with Crippen LogP contribution in [0.25, 0.3) is 0 Å². The molecular weight excluding hydrogens is 384 g/mol. The van der Waals surface area contributed by atoms with Crippen LogP contribution in [-0.2, 0) is 16.6 Å². The lowest BCUT2D eigenvalue weighted by atomic mass is 9.86. The standard InChI is InChI=1S/C26H36N4O/c1-26(2,3)21-9-11-22(12-10-21)30-14-6-7-20(25(30)31)19-23-24(8-5-13-27-23)29-17-15-28(4)16-18-29/h5,8-13,20H,6-7,14-19H2,1-4H3/t20-/m1/s1. The van der Waals surface area contributed by atoms with Crippen LogP contribution in [0.15, 0.2) is 42.6 Å². The number of likely N-dealkylation sites (N-methyl/N-ethyl adjacent to an activating group) is 1.